The Morgan fingerprint density at radius 3 is 2.62 bits per heavy atom. The van der Waals surface area contributed by atoms with Gasteiger partial charge in [-0.15, -0.1) is 0 Å². The summed E-state index contributed by atoms with van der Waals surface area (Å²) < 4.78 is 27.3. The highest BCUT2D eigenvalue weighted by Crippen LogP contribution is 2.44. The van der Waals surface area contributed by atoms with Crippen LogP contribution < -0.4 is 4.90 Å². The second-order valence-corrected chi connectivity index (χ2v) is 8.52. The Bertz CT molecular complexity index is 1450. The van der Waals surface area contributed by atoms with Crippen LogP contribution in [-0.2, 0) is 4.79 Å². The highest BCUT2D eigenvalue weighted by atomic mass is 19.1. The fourth-order valence-corrected chi connectivity index (χ4v) is 5.40. The molecule has 0 radical (unpaired) electrons. The van der Waals surface area contributed by atoms with Gasteiger partial charge in [0.2, 0.25) is 0 Å². The summed E-state index contributed by atoms with van der Waals surface area (Å²) in [5, 5.41) is 9.87. The molecule has 6 rings (SSSR count). The van der Waals surface area contributed by atoms with Crippen molar-refractivity contribution in [1.29, 1.82) is 5.26 Å². The van der Waals surface area contributed by atoms with Crippen LogP contribution in [0, 0.1) is 23.0 Å². The Kier molecular flexibility index (Phi) is 4.20. The highest BCUT2D eigenvalue weighted by Gasteiger charge is 2.63. The maximum absolute atomic E-state index is 13.7. The third kappa shape index (κ3) is 2.67. The van der Waals surface area contributed by atoms with E-state index in [-0.39, 0.29) is 18.2 Å². The first kappa shape index (κ1) is 20.2. The van der Waals surface area contributed by atoms with Gasteiger partial charge in [-0.25, -0.2) is 18.5 Å². The largest absolute Gasteiger partial charge is 0.332 e. The molecule has 0 spiro atoms. The maximum atomic E-state index is 13.7. The number of carbonyl (C=O) groups excluding carboxylic acids is 3. The smallest absolute Gasteiger partial charge is 0.331 e. The average Bonchev–Trinajstić information content (AvgIpc) is 3.49. The zero-order valence-corrected chi connectivity index (χ0v) is 17.5. The van der Waals surface area contributed by atoms with Gasteiger partial charge in [-0.2, -0.15) is 5.26 Å². The van der Waals surface area contributed by atoms with Crippen LogP contribution in [0.5, 0.6) is 0 Å². The number of anilines is 1. The minimum Gasteiger partial charge on any atom is -0.331 e. The molecule has 4 amide bonds. The summed E-state index contributed by atoms with van der Waals surface area (Å²) in [6, 6.07) is 8.67. The quantitative estimate of drug-likeness (QED) is 0.549. The fourth-order valence-electron chi connectivity index (χ4n) is 5.40. The topological polar surface area (TPSA) is 97.6 Å². The van der Waals surface area contributed by atoms with E-state index in [4.69, 9.17) is 0 Å². The molecule has 0 saturated carbocycles. The lowest BCUT2D eigenvalue weighted by molar-refractivity contribution is -0.121. The van der Waals surface area contributed by atoms with Crippen molar-refractivity contribution in [2.45, 2.75) is 24.5 Å². The lowest BCUT2D eigenvalue weighted by Gasteiger charge is -2.34. The van der Waals surface area contributed by atoms with E-state index in [1.54, 1.807) is 18.2 Å². The van der Waals surface area contributed by atoms with Crippen molar-refractivity contribution in [3.8, 4) is 6.07 Å². The fraction of sp³-hybridized carbons (Fsp3) is 0.208. The number of hydrogen-bond acceptors (Lipinski definition) is 5. The number of hydrogen-bond donors (Lipinski definition) is 0. The Morgan fingerprint density at radius 2 is 1.88 bits per heavy atom. The standard InChI is InChI=1S/C24H15F2N5O3/c25-14-6-13(7-15(26)8-14)22(32)29-11-16-9-19(29)21-23(33)31(24(34)30(16)21)18-4-3-12(10-27)20-17(18)2-1-5-28-20/h1-8,16,19,21H,9,11H2/t16-,19?,21?/m1/s1. The molecule has 34 heavy (non-hydrogen) atoms. The first-order chi connectivity index (χ1) is 16.4. The number of nitrogens with zero attached hydrogens (tertiary/aromatic N) is 5. The second kappa shape index (κ2) is 7.05. The van der Waals surface area contributed by atoms with E-state index in [2.05, 4.69) is 11.1 Å². The minimum absolute atomic E-state index is 0.144. The number of pyridine rings is 1. The Balaban J connectivity index is 1.37. The first-order valence-corrected chi connectivity index (χ1v) is 10.6. The molecule has 3 aliphatic rings. The molecule has 1 aromatic heterocycles. The van der Waals surface area contributed by atoms with E-state index >= 15 is 0 Å². The predicted octanol–water partition coefficient (Wildman–Crippen LogP) is 2.82. The molecule has 4 heterocycles. The number of carbonyl (C=O) groups is 3. The second-order valence-electron chi connectivity index (χ2n) is 8.52. The van der Waals surface area contributed by atoms with Gasteiger partial charge in [0.25, 0.3) is 11.8 Å². The van der Waals surface area contributed by atoms with Crippen LogP contribution in [0.4, 0.5) is 19.3 Å². The molecule has 2 bridgehead atoms. The van der Waals surface area contributed by atoms with E-state index in [1.807, 2.05) is 0 Å². The monoisotopic (exact) mass is 459 g/mol. The summed E-state index contributed by atoms with van der Waals surface area (Å²) in [6.45, 7) is 0.167. The van der Waals surface area contributed by atoms with Gasteiger partial charge in [0, 0.05) is 29.8 Å². The molecule has 0 aliphatic carbocycles. The third-order valence-electron chi connectivity index (χ3n) is 6.74. The van der Waals surface area contributed by atoms with Crippen molar-refractivity contribution >= 4 is 34.4 Å². The van der Waals surface area contributed by atoms with Gasteiger partial charge in [0.05, 0.1) is 28.9 Å². The van der Waals surface area contributed by atoms with Gasteiger partial charge in [-0.1, -0.05) is 0 Å². The van der Waals surface area contributed by atoms with Crippen LogP contribution in [-0.4, -0.2) is 57.3 Å². The zero-order chi connectivity index (χ0) is 23.7. The molecular formula is C24H15F2N5O3. The maximum Gasteiger partial charge on any atom is 0.332 e. The number of rotatable bonds is 2. The van der Waals surface area contributed by atoms with Gasteiger partial charge in [0.15, 0.2) is 0 Å². The summed E-state index contributed by atoms with van der Waals surface area (Å²) in [5.41, 5.74) is 0.867. The molecule has 8 nitrogen and oxygen atoms in total. The number of fused-ring (bicyclic) bond motifs is 6. The van der Waals surface area contributed by atoms with Gasteiger partial charge in [-0.05, 0) is 42.8 Å². The van der Waals surface area contributed by atoms with Crippen LogP contribution >= 0.6 is 0 Å². The third-order valence-corrected chi connectivity index (χ3v) is 6.74. The number of urea groups is 1. The molecule has 3 atom stereocenters. The molecule has 168 valence electrons. The molecule has 3 aliphatic heterocycles. The molecule has 3 aromatic rings. The van der Waals surface area contributed by atoms with Gasteiger partial charge in [0.1, 0.15) is 23.7 Å². The van der Waals surface area contributed by atoms with Crippen molar-refractivity contribution < 1.29 is 23.2 Å². The Hall–Kier alpha value is -4.39. The predicted molar refractivity (Wildman–Crippen MR) is 115 cm³/mol. The van der Waals surface area contributed by atoms with Crippen molar-refractivity contribution in [2.75, 3.05) is 11.4 Å². The lowest BCUT2D eigenvalue weighted by atomic mass is 10.1. The number of nitriles is 1. The van der Waals surface area contributed by atoms with E-state index in [0.29, 0.717) is 34.6 Å². The summed E-state index contributed by atoms with van der Waals surface area (Å²) >= 11 is 0. The summed E-state index contributed by atoms with van der Waals surface area (Å²) in [4.78, 5) is 48.1. The Morgan fingerprint density at radius 1 is 1.12 bits per heavy atom. The van der Waals surface area contributed by atoms with E-state index in [1.165, 1.54) is 22.1 Å². The van der Waals surface area contributed by atoms with E-state index in [9.17, 15) is 28.4 Å². The van der Waals surface area contributed by atoms with Crippen molar-refractivity contribution in [3.63, 3.8) is 0 Å². The van der Waals surface area contributed by atoms with Crippen molar-refractivity contribution in [1.82, 2.24) is 14.8 Å². The average molecular weight is 459 g/mol. The number of piperazine rings is 1. The van der Waals surface area contributed by atoms with Crippen LogP contribution in [0.15, 0.2) is 48.7 Å². The van der Waals surface area contributed by atoms with Crippen LogP contribution in [0.25, 0.3) is 10.9 Å². The lowest BCUT2D eigenvalue weighted by Crippen LogP contribution is -2.54. The first-order valence-electron chi connectivity index (χ1n) is 10.6. The van der Waals surface area contributed by atoms with Gasteiger partial charge >= 0.3 is 6.03 Å². The number of imide groups is 1. The van der Waals surface area contributed by atoms with Crippen molar-refractivity contribution in [3.05, 3.63) is 71.4 Å². The van der Waals surface area contributed by atoms with Crippen LogP contribution in [0.1, 0.15) is 22.3 Å². The molecule has 2 aromatic carbocycles. The molecule has 10 heteroatoms. The molecular weight excluding hydrogens is 444 g/mol. The van der Waals surface area contributed by atoms with E-state index in [0.717, 1.165) is 17.0 Å². The number of likely N-dealkylation sites (tertiary alicyclic amines) is 1. The summed E-state index contributed by atoms with van der Waals surface area (Å²) in [6.07, 6.45) is 1.94. The Labute approximate surface area is 191 Å². The molecule has 2 unspecified atom stereocenters. The van der Waals surface area contributed by atoms with Crippen LogP contribution in [0.2, 0.25) is 0 Å². The van der Waals surface area contributed by atoms with E-state index < -0.39 is 41.6 Å². The van der Waals surface area contributed by atoms with Gasteiger partial charge in [-0.3, -0.25) is 14.6 Å². The van der Waals surface area contributed by atoms with Crippen LogP contribution in [0.3, 0.4) is 0 Å². The number of aromatic nitrogens is 1. The SMILES string of the molecule is N#Cc1ccc(N2C(=O)C3C4C[C@H](CN4C(=O)c4cc(F)cc(F)c4)N3C2=O)c2cccnc12. The highest BCUT2D eigenvalue weighted by molar-refractivity contribution is 6.25. The normalized spacial score (nSPS) is 23.1. The molecule has 3 fully saturated rings. The number of amides is 4. The van der Waals surface area contributed by atoms with Gasteiger partial charge < -0.3 is 9.80 Å². The number of halogens is 2. The minimum atomic E-state index is -0.893. The molecule has 3 saturated heterocycles. The number of benzene rings is 2. The summed E-state index contributed by atoms with van der Waals surface area (Å²) in [7, 11) is 0. The summed E-state index contributed by atoms with van der Waals surface area (Å²) in [5.74, 6) is -2.81. The zero-order valence-electron chi connectivity index (χ0n) is 17.5. The molecule has 0 N–H and O–H groups in total. The van der Waals surface area contributed by atoms with Crippen molar-refractivity contribution in [2.24, 2.45) is 0 Å².